The molecule has 1 saturated heterocycles. The summed E-state index contributed by atoms with van der Waals surface area (Å²) in [4.78, 5) is 18.1. The molecular weight excluding hydrogens is 252 g/mol. The Kier molecular flexibility index (Phi) is 5.87. The highest BCUT2D eigenvalue weighted by molar-refractivity contribution is 5.80. The molecule has 0 aromatic rings. The molecule has 2 unspecified atom stereocenters. The van der Waals surface area contributed by atoms with Gasteiger partial charge in [0.2, 0.25) is 5.91 Å². The number of nitrogens with zero attached hydrogens (tertiary/aromatic N) is 3. The van der Waals surface area contributed by atoms with Gasteiger partial charge >= 0.3 is 0 Å². The zero-order valence-corrected chi connectivity index (χ0v) is 13.6. The summed E-state index contributed by atoms with van der Waals surface area (Å²) in [6.45, 7) is 11.3. The molecule has 2 atom stereocenters. The van der Waals surface area contributed by atoms with Crippen molar-refractivity contribution in [3.63, 3.8) is 0 Å². The zero-order valence-electron chi connectivity index (χ0n) is 13.6. The van der Waals surface area contributed by atoms with Crippen LogP contribution in [0.25, 0.3) is 0 Å². The first-order chi connectivity index (χ1) is 9.23. The van der Waals surface area contributed by atoms with Gasteiger partial charge < -0.3 is 20.4 Å². The van der Waals surface area contributed by atoms with Gasteiger partial charge in [-0.05, 0) is 32.4 Å². The van der Waals surface area contributed by atoms with Crippen molar-refractivity contribution in [2.45, 2.75) is 26.3 Å². The largest absolute Gasteiger partial charge is 0.368 e. The summed E-state index contributed by atoms with van der Waals surface area (Å²) in [6.07, 6.45) is 1.17. The minimum atomic E-state index is -0.296. The Bertz CT molecular complexity index is 354. The van der Waals surface area contributed by atoms with Gasteiger partial charge in [0.1, 0.15) is 6.04 Å². The van der Waals surface area contributed by atoms with Crippen LogP contribution in [-0.4, -0.2) is 67.4 Å². The summed E-state index contributed by atoms with van der Waals surface area (Å²) in [7, 11) is 6.12. The Labute approximate surface area is 123 Å². The minimum absolute atomic E-state index is 0.175. The van der Waals surface area contributed by atoms with Crippen molar-refractivity contribution in [1.82, 2.24) is 14.7 Å². The zero-order chi connectivity index (χ0) is 15.4. The average Bonchev–Trinajstić information content (AvgIpc) is 2.74. The lowest BCUT2D eigenvalue weighted by Gasteiger charge is -2.36. The van der Waals surface area contributed by atoms with Gasteiger partial charge in [-0.25, -0.2) is 0 Å². The Morgan fingerprint density at radius 3 is 2.45 bits per heavy atom. The van der Waals surface area contributed by atoms with E-state index in [9.17, 15) is 4.79 Å². The van der Waals surface area contributed by atoms with Gasteiger partial charge in [-0.1, -0.05) is 20.4 Å². The highest BCUT2D eigenvalue weighted by Gasteiger charge is 2.30. The number of carbonyl (C=O) groups is 1. The molecule has 1 aliphatic heterocycles. The second-order valence-electron chi connectivity index (χ2n) is 6.48. The first-order valence-electron chi connectivity index (χ1n) is 7.34. The highest BCUT2D eigenvalue weighted by Crippen LogP contribution is 2.24. The second-order valence-corrected chi connectivity index (χ2v) is 6.48. The predicted molar refractivity (Wildman–Crippen MR) is 83.0 cm³/mol. The molecule has 1 rings (SSSR count). The molecule has 5 nitrogen and oxygen atoms in total. The van der Waals surface area contributed by atoms with E-state index in [-0.39, 0.29) is 17.9 Å². The van der Waals surface area contributed by atoms with Crippen LogP contribution in [0, 0.1) is 11.8 Å². The normalized spacial score (nSPS) is 20.6. The van der Waals surface area contributed by atoms with Crippen LogP contribution < -0.4 is 5.73 Å². The molecule has 0 aromatic carbocycles. The van der Waals surface area contributed by atoms with E-state index in [1.165, 1.54) is 6.42 Å². The van der Waals surface area contributed by atoms with Crippen molar-refractivity contribution in [1.29, 1.82) is 0 Å². The topological polar surface area (TPSA) is 52.8 Å². The third-order valence-corrected chi connectivity index (χ3v) is 4.02. The molecule has 0 aliphatic carbocycles. The molecule has 2 N–H and O–H groups in total. The van der Waals surface area contributed by atoms with Crippen LogP contribution >= 0.6 is 0 Å². The molecule has 5 heteroatoms. The van der Waals surface area contributed by atoms with Crippen LogP contribution in [0.1, 0.15) is 20.3 Å². The summed E-state index contributed by atoms with van der Waals surface area (Å²) in [5.74, 6) is 1.46. The number of nitrogens with two attached hydrogens (primary N) is 1. The number of carbonyl (C=O) groups excluding carboxylic acids is 1. The molecule has 0 spiro atoms. The maximum absolute atomic E-state index is 11.6. The van der Waals surface area contributed by atoms with E-state index in [0.717, 1.165) is 25.5 Å². The van der Waals surface area contributed by atoms with E-state index >= 15 is 0 Å². The Balaban J connectivity index is 2.64. The lowest BCUT2D eigenvalue weighted by molar-refractivity contribution is -0.123. The fourth-order valence-electron chi connectivity index (χ4n) is 3.08. The van der Waals surface area contributed by atoms with Gasteiger partial charge in [-0.3, -0.25) is 4.79 Å². The predicted octanol–water partition coefficient (Wildman–Crippen LogP) is 0.783. The van der Waals surface area contributed by atoms with E-state index in [4.69, 9.17) is 5.73 Å². The van der Waals surface area contributed by atoms with Gasteiger partial charge in [0.15, 0.2) is 0 Å². The second kappa shape index (κ2) is 6.97. The van der Waals surface area contributed by atoms with Gasteiger partial charge in [0.25, 0.3) is 0 Å². The van der Waals surface area contributed by atoms with Crippen LogP contribution in [0.2, 0.25) is 0 Å². The molecule has 1 amide bonds. The van der Waals surface area contributed by atoms with E-state index in [1.807, 2.05) is 25.8 Å². The minimum Gasteiger partial charge on any atom is -0.368 e. The van der Waals surface area contributed by atoms with Crippen molar-refractivity contribution >= 4 is 5.91 Å². The number of rotatable bonds is 7. The maximum Gasteiger partial charge on any atom is 0.240 e. The molecule has 1 fully saturated rings. The number of primary amides is 1. The monoisotopic (exact) mass is 282 g/mol. The molecule has 0 aromatic heterocycles. The van der Waals surface area contributed by atoms with Crippen LogP contribution in [0.15, 0.2) is 12.4 Å². The maximum atomic E-state index is 11.6. The van der Waals surface area contributed by atoms with Crippen molar-refractivity contribution < 1.29 is 4.79 Å². The summed E-state index contributed by atoms with van der Waals surface area (Å²) in [6, 6.07) is -0.296. The standard InChI is InChI=1S/C15H30N4O/c1-11(2)14(15(16)20)18(6)12(3)19-8-7-13(10-19)9-17(4)5/h11,13-14H,3,7-10H2,1-2,4-6H3,(H2,16,20). The van der Waals surface area contributed by atoms with Gasteiger partial charge in [-0.2, -0.15) is 0 Å². The molecule has 0 bridgehead atoms. The Morgan fingerprint density at radius 1 is 1.40 bits per heavy atom. The molecular formula is C15H30N4O. The van der Waals surface area contributed by atoms with Crippen molar-refractivity contribution in [2.24, 2.45) is 17.6 Å². The average molecular weight is 282 g/mol. The summed E-state index contributed by atoms with van der Waals surface area (Å²) < 4.78 is 0. The van der Waals surface area contributed by atoms with Crippen LogP contribution in [0.4, 0.5) is 0 Å². The molecule has 0 radical (unpaired) electrons. The van der Waals surface area contributed by atoms with E-state index in [0.29, 0.717) is 5.92 Å². The van der Waals surface area contributed by atoms with Crippen molar-refractivity contribution in [3.8, 4) is 0 Å². The first-order valence-corrected chi connectivity index (χ1v) is 7.34. The van der Waals surface area contributed by atoms with Gasteiger partial charge in [0, 0.05) is 26.7 Å². The van der Waals surface area contributed by atoms with Crippen molar-refractivity contribution in [2.75, 3.05) is 40.8 Å². The number of likely N-dealkylation sites (N-methyl/N-ethyl adjacent to an activating group) is 1. The fraction of sp³-hybridized carbons (Fsp3) is 0.800. The van der Waals surface area contributed by atoms with E-state index < -0.39 is 0 Å². The van der Waals surface area contributed by atoms with Gasteiger partial charge in [-0.15, -0.1) is 0 Å². The SMILES string of the molecule is C=C(N1CCC(CN(C)C)C1)N(C)C(C(N)=O)C(C)C. The smallest absolute Gasteiger partial charge is 0.240 e. The van der Waals surface area contributed by atoms with E-state index in [1.54, 1.807) is 0 Å². The molecule has 1 aliphatic rings. The number of hydrogen-bond acceptors (Lipinski definition) is 4. The van der Waals surface area contributed by atoms with Crippen molar-refractivity contribution in [3.05, 3.63) is 12.4 Å². The fourth-order valence-corrected chi connectivity index (χ4v) is 3.08. The third-order valence-electron chi connectivity index (χ3n) is 4.02. The highest BCUT2D eigenvalue weighted by atomic mass is 16.1. The number of likely N-dealkylation sites (tertiary alicyclic amines) is 1. The third kappa shape index (κ3) is 4.13. The Hall–Kier alpha value is -1.23. The van der Waals surface area contributed by atoms with Crippen LogP contribution in [-0.2, 0) is 4.79 Å². The van der Waals surface area contributed by atoms with Gasteiger partial charge in [0.05, 0.1) is 5.82 Å². The summed E-state index contributed by atoms with van der Waals surface area (Å²) >= 11 is 0. The van der Waals surface area contributed by atoms with Crippen LogP contribution in [0.3, 0.4) is 0 Å². The summed E-state index contributed by atoms with van der Waals surface area (Å²) in [5.41, 5.74) is 5.52. The number of hydrogen-bond donors (Lipinski definition) is 1. The molecule has 1 heterocycles. The number of amides is 1. The van der Waals surface area contributed by atoms with Crippen LogP contribution in [0.5, 0.6) is 0 Å². The molecule has 20 heavy (non-hydrogen) atoms. The Morgan fingerprint density at radius 2 is 2.00 bits per heavy atom. The first kappa shape index (κ1) is 16.8. The lowest BCUT2D eigenvalue weighted by atomic mass is 10.0. The summed E-state index contributed by atoms with van der Waals surface area (Å²) in [5, 5.41) is 0. The molecule has 0 saturated carbocycles. The lowest BCUT2D eigenvalue weighted by Crippen LogP contribution is -2.48. The quantitative estimate of drug-likeness (QED) is 0.750. The van der Waals surface area contributed by atoms with E-state index in [2.05, 4.69) is 30.5 Å². The molecule has 116 valence electrons.